The van der Waals surface area contributed by atoms with E-state index < -0.39 is 5.82 Å². The van der Waals surface area contributed by atoms with Crippen LogP contribution in [0, 0.1) is 19.7 Å². The van der Waals surface area contributed by atoms with Gasteiger partial charge >= 0.3 is 0 Å². The second-order valence-electron chi connectivity index (χ2n) is 4.66. The van der Waals surface area contributed by atoms with Crippen LogP contribution in [-0.2, 0) is 11.3 Å². The van der Waals surface area contributed by atoms with Crippen molar-refractivity contribution in [3.8, 4) is 16.9 Å². The standard InChI is InChI=1S/C16H17FO2/c1-10-7-14(18)16(17)11(2)15(10)13-6-4-5-12(8-13)9-19-3/h4-8,18H,9H2,1-3H3. The fourth-order valence-corrected chi connectivity index (χ4v) is 2.37. The number of rotatable bonds is 3. The Morgan fingerprint density at radius 1 is 1.21 bits per heavy atom. The van der Waals surface area contributed by atoms with E-state index in [1.807, 2.05) is 31.2 Å². The number of halogens is 1. The Morgan fingerprint density at radius 3 is 2.63 bits per heavy atom. The van der Waals surface area contributed by atoms with Crippen LogP contribution in [0.4, 0.5) is 4.39 Å². The lowest BCUT2D eigenvalue weighted by atomic mass is 9.94. The van der Waals surface area contributed by atoms with Crippen molar-refractivity contribution in [1.82, 2.24) is 0 Å². The van der Waals surface area contributed by atoms with Crippen molar-refractivity contribution < 1.29 is 14.2 Å². The third-order valence-electron chi connectivity index (χ3n) is 3.20. The Labute approximate surface area is 112 Å². The molecule has 0 atom stereocenters. The topological polar surface area (TPSA) is 29.5 Å². The first kappa shape index (κ1) is 13.6. The maximum atomic E-state index is 13.8. The largest absolute Gasteiger partial charge is 0.505 e. The van der Waals surface area contributed by atoms with Gasteiger partial charge < -0.3 is 9.84 Å². The number of aromatic hydroxyl groups is 1. The van der Waals surface area contributed by atoms with Crippen LogP contribution < -0.4 is 0 Å². The first-order valence-corrected chi connectivity index (χ1v) is 6.11. The molecule has 0 saturated carbocycles. The zero-order valence-electron chi connectivity index (χ0n) is 11.3. The minimum absolute atomic E-state index is 0.299. The summed E-state index contributed by atoms with van der Waals surface area (Å²) in [7, 11) is 1.64. The molecule has 1 N–H and O–H groups in total. The molecule has 19 heavy (non-hydrogen) atoms. The molecule has 3 heteroatoms. The lowest BCUT2D eigenvalue weighted by molar-refractivity contribution is 0.185. The van der Waals surface area contributed by atoms with Gasteiger partial charge in [0.1, 0.15) is 0 Å². The van der Waals surface area contributed by atoms with Crippen LogP contribution in [0.25, 0.3) is 11.1 Å². The van der Waals surface area contributed by atoms with Crippen molar-refractivity contribution in [1.29, 1.82) is 0 Å². The van der Waals surface area contributed by atoms with Gasteiger partial charge in [-0.25, -0.2) is 4.39 Å². The van der Waals surface area contributed by atoms with E-state index in [-0.39, 0.29) is 5.75 Å². The van der Waals surface area contributed by atoms with Crippen LogP contribution in [0.5, 0.6) is 5.75 Å². The average molecular weight is 260 g/mol. The molecule has 0 bridgehead atoms. The molecule has 0 aliphatic carbocycles. The van der Waals surface area contributed by atoms with E-state index in [2.05, 4.69) is 0 Å². The molecule has 0 heterocycles. The molecule has 2 rings (SSSR count). The number of hydrogen-bond donors (Lipinski definition) is 1. The summed E-state index contributed by atoms with van der Waals surface area (Å²) in [6, 6.07) is 9.27. The van der Waals surface area contributed by atoms with Gasteiger partial charge in [-0.1, -0.05) is 18.2 Å². The van der Waals surface area contributed by atoms with Crippen LogP contribution in [0.1, 0.15) is 16.7 Å². The quantitative estimate of drug-likeness (QED) is 0.905. The molecule has 0 saturated heterocycles. The van der Waals surface area contributed by atoms with Gasteiger partial charge in [-0.2, -0.15) is 0 Å². The van der Waals surface area contributed by atoms with E-state index in [4.69, 9.17) is 4.74 Å². The highest BCUT2D eigenvalue weighted by Gasteiger charge is 2.14. The zero-order chi connectivity index (χ0) is 14.0. The van der Waals surface area contributed by atoms with Crippen molar-refractivity contribution in [3.63, 3.8) is 0 Å². The molecular weight excluding hydrogens is 243 g/mol. The average Bonchev–Trinajstić information content (AvgIpc) is 2.37. The SMILES string of the molecule is COCc1cccc(-c2c(C)cc(O)c(F)c2C)c1. The third kappa shape index (κ3) is 2.61. The van der Waals surface area contributed by atoms with Crippen LogP contribution in [0.3, 0.4) is 0 Å². The molecule has 0 aromatic heterocycles. The van der Waals surface area contributed by atoms with Crippen molar-refractivity contribution in [2.75, 3.05) is 7.11 Å². The maximum absolute atomic E-state index is 13.8. The molecule has 0 aliphatic rings. The number of phenolic OH excluding ortho intramolecular Hbond substituents is 1. The summed E-state index contributed by atoms with van der Waals surface area (Å²) >= 11 is 0. The van der Waals surface area contributed by atoms with Gasteiger partial charge in [0.05, 0.1) is 6.61 Å². The second kappa shape index (κ2) is 5.41. The van der Waals surface area contributed by atoms with Gasteiger partial charge in [-0.15, -0.1) is 0 Å². The normalized spacial score (nSPS) is 10.7. The van der Waals surface area contributed by atoms with E-state index in [0.29, 0.717) is 12.2 Å². The monoisotopic (exact) mass is 260 g/mol. The van der Waals surface area contributed by atoms with Crippen molar-refractivity contribution in [2.45, 2.75) is 20.5 Å². The van der Waals surface area contributed by atoms with E-state index in [1.54, 1.807) is 14.0 Å². The predicted molar refractivity (Wildman–Crippen MR) is 73.7 cm³/mol. The molecule has 0 unspecified atom stereocenters. The number of benzene rings is 2. The number of aryl methyl sites for hydroxylation is 1. The number of ether oxygens (including phenoxy) is 1. The minimum Gasteiger partial charge on any atom is -0.505 e. The molecular formula is C16H17FO2. The Hall–Kier alpha value is -1.87. The Balaban J connectivity index is 2.59. The fraction of sp³-hybridized carbons (Fsp3) is 0.250. The highest BCUT2D eigenvalue weighted by Crippen LogP contribution is 2.33. The van der Waals surface area contributed by atoms with Gasteiger partial charge in [-0.3, -0.25) is 0 Å². The molecule has 0 spiro atoms. The molecule has 0 aliphatic heterocycles. The summed E-state index contributed by atoms with van der Waals surface area (Å²) in [6.45, 7) is 4.07. The molecule has 0 radical (unpaired) electrons. The van der Waals surface area contributed by atoms with Crippen molar-refractivity contribution in [2.24, 2.45) is 0 Å². The summed E-state index contributed by atoms with van der Waals surface area (Å²) in [5.74, 6) is -0.857. The van der Waals surface area contributed by atoms with Crippen molar-refractivity contribution in [3.05, 3.63) is 52.8 Å². The second-order valence-corrected chi connectivity index (χ2v) is 4.66. The minimum atomic E-state index is -0.558. The zero-order valence-corrected chi connectivity index (χ0v) is 11.3. The summed E-state index contributed by atoms with van der Waals surface area (Å²) < 4.78 is 18.9. The lowest BCUT2D eigenvalue weighted by Crippen LogP contribution is -1.95. The van der Waals surface area contributed by atoms with E-state index in [1.165, 1.54) is 6.07 Å². The molecule has 2 nitrogen and oxygen atoms in total. The Kier molecular flexibility index (Phi) is 3.86. The molecule has 2 aromatic carbocycles. The van der Waals surface area contributed by atoms with Crippen LogP contribution >= 0.6 is 0 Å². The van der Waals surface area contributed by atoms with Crippen LogP contribution in [0.15, 0.2) is 30.3 Å². The van der Waals surface area contributed by atoms with Crippen molar-refractivity contribution >= 4 is 0 Å². The predicted octanol–water partition coefficient (Wildman–Crippen LogP) is 3.96. The highest BCUT2D eigenvalue weighted by molar-refractivity contribution is 5.72. The first-order chi connectivity index (χ1) is 9.04. The number of phenols is 1. The fourth-order valence-electron chi connectivity index (χ4n) is 2.37. The Morgan fingerprint density at radius 2 is 1.95 bits per heavy atom. The number of hydrogen-bond acceptors (Lipinski definition) is 2. The maximum Gasteiger partial charge on any atom is 0.168 e. The summed E-state index contributed by atoms with van der Waals surface area (Å²) in [5, 5.41) is 9.50. The summed E-state index contributed by atoms with van der Waals surface area (Å²) in [4.78, 5) is 0. The summed E-state index contributed by atoms with van der Waals surface area (Å²) in [6.07, 6.45) is 0. The van der Waals surface area contributed by atoms with E-state index in [0.717, 1.165) is 22.3 Å². The molecule has 100 valence electrons. The molecule has 0 amide bonds. The molecule has 2 aromatic rings. The van der Waals surface area contributed by atoms with Gasteiger partial charge in [-0.05, 0) is 53.8 Å². The first-order valence-electron chi connectivity index (χ1n) is 6.11. The van der Waals surface area contributed by atoms with Gasteiger partial charge in [0, 0.05) is 7.11 Å². The smallest absolute Gasteiger partial charge is 0.168 e. The third-order valence-corrected chi connectivity index (χ3v) is 3.20. The van der Waals surface area contributed by atoms with Gasteiger partial charge in [0.15, 0.2) is 11.6 Å². The lowest BCUT2D eigenvalue weighted by Gasteiger charge is -2.13. The van der Waals surface area contributed by atoms with E-state index >= 15 is 0 Å². The molecule has 0 fully saturated rings. The van der Waals surface area contributed by atoms with Crippen LogP contribution in [0.2, 0.25) is 0 Å². The summed E-state index contributed by atoms with van der Waals surface area (Å²) in [5.41, 5.74) is 4.11. The Bertz CT molecular complexity index is 606. The van der Waals surface area contributed by atoms with Crippen LogP contribution in [-0.4, -0.2) is 12.2 Å². The van der Waals surface area contributed by atoms with E-state index in [9.17, 15) is 9.50 Å². The van der Waals surface area contributed by atoms with Gasteiger partial charge in [0.2, 0.25) is 0 Å². The highest BCUT2D eigenvalue weighted by atomic mass is 19.1. The van der Waals surface area contributed by atoms with Gasteiger partial charge in [0.25, 0.3) is 0 Å². The number of methoxy groups -OCH3 is 1.